The standard InChI is InChI=1S/C26H35N3O5/c1-31-17-20-15-19-16-23(34-24-9-5-6-10-27-24)25(26(19,30)18-33-20)29-13-11-28(12-14-29)21-7-3-4-8-22(21)32-2/h3-10,19-20,23,25,30H,11-18H2,1-2H3/t19-,20+,23+,25-,26-/m0/s1. The van der Waals surface area contributed by atoms with Crippen molar-refractivity contribution in [3.8, 4) is 11.6 Å². The maximum absolute atomic E-state index is 12.0. The van der Waals surface area contributed by atoms with Crippen LogP contribution in [0.5, 0.6) is 11.6 Å². The lowest BCUT2D eigenvalue weighted by Crippen LogP contribution is -2.64. The monoisotopic (exact) mass is 469 g/mol. The lowest BCUT2D eigenvalue weighted by molar-refractivity contribution is -0.179. The van der Waals surface area contributed by atoms with Gasteiger partial charge in [-0.25, -0.2) is 4.98 Å². The SMILES string of the molecule is COC[C@H]1C[C@H]2C[C@@H](Oc3ccccn3)[C@H](N3CCN(c4ccccc4OC)CC3)[C@]2(O)CO1. The predicted octanol–water partition coefficient (Wildman–Crippen LogP) is 2.21. The van der Waals surface area contributed by atoms with Crippen LogP contribution in [0.1, 0.15) is 12.8 Å². The van der Waals surface area contributed by atoms with Crippen LogP contribution in [-0.4, -0.2) is 92.5 Å². The van der Waals surface area contributed by atoms with E-state index < -0.39 is 5.60 Å². The molecule has 0 unspecified atom stereocenters. The summed E-state index contributed by atoms with van der Waals surface area (Å²) >= 11 is 0. The van der Waals surface area contributed by atoms with E-state index in [0.717, 1.165) is 50.5 Å². The number of fused-ring (bicyclic) bond motifs is 1. The van der Waals surface area contributed by atoms with Crippen molar-refractivity contribution >= 4 is 5.69 Å². The van der Waals surface area contributed by atoms with Gasteiger partial charge in [0.1, 0.15) is 17.5 Å². The number of rotatable bonds is 7. The molecule has 3 aliphatic rings. The van der Waals surface area contributed by atoms with E-state index in [1.807, 2.05) is 36.4 Å². The molecule has 34 heavy (non-hydrogen) atoms. The van der Waals surface area contributed by atoms with E-state index in [1.165, 1.54) is 0 Å². The molecule has 1 N–H and O–H groups in total. The summed E-state index contributed by atoms with van der Waals surface area (Å²) < 4.78 is 23.4. The van der Waals surface area contributed by atoms with Crippen molar-refractivity contribution in [3.63, 3.8) is 0 Å². The molecule has 3 heterocycles. The number of piperazine rings is 1. The molecule has 0 amide bonds. The summed E-state index contributed by atoms with van der Waals surface area (Å²) in [7, 11) is 3.40. The molecule has 1 aromatic carbocycles. The molecule has 0 spiro atoms. The van der Waals surface area contributed by atoms with E-state index in [9.17, 15) is 5.11 Å². The van der Waals surface area contributed by atoms with Crippen LogP contribution in [0.25, 0.3) is 0 Å². The average Bonchev–Trinajstić information content (AvgIpc) is 3.16. The van der Waals surface area contributed by atoms with Crippen molar-refractivity contribution in [3.05, 3.63) is 48.7 Å². The van der Waals surface area contributed by atoms with Crippen molar-refractivity contribution in [2.24, 2.45) is 5.92 Å². The van der Waals surface area contributed by atoms with Gasteiger partial charge in [-0.05, 0) is 37.0 Å². The van der Waals surface area contributed by atoms with Crippen molar-refractivity contribution in [1.29, 1.82) is 0 Å². The first-order valence-corrected chi connectivity index (χ1v) is 12.1. The van der Waals surface area contributed by atoms with E-state index in [1.54, 1.807) is 20.4 Å². The first kappa shape index (κ1) is 23.4. The van der Waals surface area contributed by atoms with Crippen molar-refractivity contribution in [2.75, 3.05) is 58.5 Å². The molecule has 5 rings (SSSR count). The largest absolute Gasteiger partial charge is 0.495 e. The molecule has 0 bridgehead atoms. The van der Waals surface area contributed by atoms with Gasteiger partial charge in [-0.15, -0.1) is 0 Å². The topological polar surface area (TPSA) is 76.5 Å². The number of methoxy groups -OCH3 is 2. The average molecular weight is 470 g/mol. The molecule has 1 aliphatic carbocycles. The Labute approximate surface area is 201 Å². The van der Waals surface area contributed by atoms with Gasteiger partial charge in [0.05, 0.1) is 38.2 Å². The number of aromatic nitrogens is 1. The van der Waals surface area contributed by atoms with E-state index in [4.69, 9.17) is 18.9 Å². The summed E-state index contributed by atoms with van der Waals surface area (Å²) in [6.07, 6.45) is 3.13. The highest BCUT2D eigenvalue weighted by Crippen LogP contribution is 2.46. The summed E-state index contributed by atoms with van der Waals surface area (Å²) in [5.41, 5.74) is 0.147. The summed E-state index contributed by atoms with van der Waals surface area (Å²) in [5.74, 6) is 1.57. The number of hydrogen-bond donors (Lipinski definition) is 1. The van der Waals surface area contributed by atoms with Gasteiger partial charge in [0.25, 0.3) is 0 Å². The molecule has 2 saturated heterocycles. The Balaban J connectivity index is 1.35. The van der Waals surface area contributed by atoms with Gasteiger partial charge in [-0.2, -0.15) is 0 Å². The fourth-order valence-corrected chi connectivity index (χ4v) is 5.99. The third-order valence-electron chi connectivity index (χ3n) is 7.58. The molecular weight excluding hydrogens is 434 g/mol. The van der Waals surface area contributed by atoms with Gasteiger partial charge in [-0.3, -0.25) is 4.90 Å². The Morgan fingerprint density at radius 2 is 1.85 bits per heavy atom. The second kappa shape index (κ2) is 10.1. The molecule has 2 aromatic rings. The molecular formula is C26H35N3O5. The zero-order chi connectivity index (χ0) is 23.5. The normalized spacial score (nSPS) is 31.8. The third kappa shape index (κ3) is 4.47. The molecule has 184 valence electrons. The molecule has 1 aromatic heterocycles. The van der Waals surface area contributed by atoms with Gasteiger partial charge in [0.15, 0.2) is 0 Å². The molecule has 0 radical (unpaired) electrons. The molecule has 2 aliphatic heterocycles. The number of anilines is 1. The van der Waals surface area contributed by atoms with Crippen LogP contribution in [-0.2, 0) is 9.47 Å². The van der Waals surface area contributed by atoms with Gasteiger partial charge in [0.2, 0.25) is 5.88 Å². The van der Waals surface area contributed by atoms with Crippen LogP contribution in [0.2, 0.25) is 0 Å². The zero-order valence-electron chi connectivity index (χ0n) is 20.0. The summed E-state index contributed by atoms with van der Waals surface area (Å²) in [5, 5.41) is 12.0. The summed E-state index contributed by atoms with van der Waals surface area (Å²) in [4.78, 5) is 9.12. The molecule has 3 fully saturated rings. The zero-order valence-corrected chi connectivity index (χ0v) is 20.0. The summed E-state index contributed by atoms with van der Waals surface area (Å²) in [6.45, 7) is 4.18. The van der Waals surface area contributed by atoms with Crippen LogP contribution in [0.4, 0.5) is 5.69 Å². The summed E-state index contributed by atoms with van der Waals surface area (Å²) in [6, 6.07) is 13.7. The minimum atomic E-state index is -0.962. The predicted molar refractivity (Wildman–Crippen MR) is 129 cm³/mol. The Bertz CT molecular complexity index is 939. The number of hydrogen-bond acceptors (Lipinski definition) is 8. The van der Waals surface area contributed by atoms with Gasteiger partial charge in [0, 0.05) is 45.6 Å². The fraction of sp³-hybridized carbons (Fsp3) is 0.577. The van der Waals surface area contributed by atoms with E-state index in [-0.39, 0.29) is 24.2 Å². The van der Waals surface area contributed by atoms with Crippen LogP contribution < -0.4 is 14.4 Å². The molecule has 5 atom stereocenters. The van der Waals surface area contributed by atoms with Crippen LogP contribution in [0.15, 0.2) is 48.7 Å². The van der Waals surface area contributed by atoms with Gasteiger partial charge >= 0.3 is 0 Å². The third-order valence-corrected chi connectivity index (χ3v) is 7.58. The lowest BCUT2D eigenvalue weighted by Gasteiger charge is -2.48. The first-order chi connectivity index (χ1) is 16.6. The Kier molecular flexibility index (Phi) is 6.92. The van der Waals surface area contributed by atoms with Crippen molar-refractivity contribution in [1.82, 2.24) is 9.88 Å². The van der Waals surface area contributed by atoms with Gasteiger partial charge in [-0.1, -0.05) is 18.2 Å². The minimum Gasteiger partial charge on any atom is -0.495 e. The number of nitrogens with zero attached hydrogens (tertiary/aromatic N) is 3. The Hall–Kier alpha value is -2.39. The maximum Gasteiger partial charge on any atom is 0.213 e. The number of para-hydroxylation sites is 2. The Morgan fingerprint density at radius 1 is 1.06 bits per heavy atom. The fourth-order valence-electron chi connectivity index (χ4n) is 5.99. The van der Waals surface area contributed by atoms with Crippen LogP contribution >= 0.6 is 0 Å². The van der Waals surface area contributed by atoms with Crippen LogP contribution in [0.3, 0.4) is 0 Å². The Morgan fingerprint density at radius 3 is 2.59 bits per heavy atom. The maximum atomic E-state index is 12.0. The number of pyridine rings is 1. The van der Waals surface area contributed by atoms with Crippen LogP contribution in [0, 0.1) is 5.92 Å². The number of benzene rings is 1. The number of ether oxygens (including phenoxy) is 4. The van der Waals surface area contributed by atoms with E-state index in [2.05, 4.69) is 20.9 Å². The minimum absolute atomic E-state index is 0.00641. The first-order valence-electron chi connectivity index (χ1n) is 12.1. The highest BCUT2D eigenvalue weighted by Gasteiger charge is 2.60. The second-order valence-electron chi connectivity index (χ2n) is 9.51. The highest BCUT2D eigenvalue weighted by molar-refractivity contribution is 5.58. The van der Waals surface area contributed by atoms with Crippen molar-refractivity contribution < 1.29 is 24.1 Å². The molecule has 8 nitrogen and oxygen atoms in total. The second-order valence-corrected chi connectivity index (χ2v) is 9.51. The van der Waals surface area contributed by atoms with Crippen molar-refractivity contribution in [2.45, 2.75) is 36.7 Å². The lowest BCUT2D eigenvalue weighted by atomic mass is 9.82. The molecule has 1 saturated carbocycles. The van der Waals surface area contributed by atoms with E-state index in [0.29, 0.717) is 19.1 Å². The highest BCUT2D eigenvalue weighted by atomic mass is 16.5. The molecule has 8 heteroatoms. The van der Waals surface area contributed by atoms with E-state index >= 15 is 0 Å². The van der Waals surface area contributed by atoms with Gasteiger partial charge < -0.3 is 29.0 Å². The number of aliphatic hydroxyl groups is 1. The quantitative estimate of drug-likeness (QED) is 0.662. The smallest absolute Gasteiger partial charge is 0.213 e.